The van der Waals surface area contributed by atoms with Gasteiger partial charge in [-0.2, -0.15) is 0 Å². The third-order valence-corrected chi connectivity index (χ3v) is 3.97. The van der Waals surface area contributed by atoms with Crippen LogP contribution in [0.3, 0.4) is 0 Å². The number of nitrogens with one attached hydrogen (secondary N) is 1. The third-order valence-electron chi connectivity index (χ3n) is 3.97. The first-order valence-corrected chi connectivity index (χ1v) is 8.13. The van der Waals surface area contributed by atoms with Crippen molar-refractivity contribution in [1.82, 2.24) is 10.3 Å². The highest BCUT2D eigenvalue weighted by Gasteiger charge is 2.16. The molecule has 2 atom stereocenters. The maximum absolute atomic E-state index is 5.70. The minimum Gasteiger partial charge on any atom is -0.378 e. The summed E-state index contributed by atoms with van der Waals surface area (Å²) in [7, 11) is 0. The second-order valence-corrected chi connectivity index (χ2v) is 5.74. The first-order chi connectivity index (χ1) is 9.88. The van der Waals surface area contributed by atoms with Gasteiger partial charge in [0.15, 0.2) is 0 Å². The summed E-state index contributed by atoms with van der Waals surface area (Å²) in [4.78, 5) is 4.45. The van der Waals surface area contributed by atoms with Crippen LogP contribution >= 0.6 is 0 Å². The van der Waals surface area contributed by atoms with E-state index >= 15 is 0 Å². The molecule has 1 aromatic rings. The number of hydrogen-bond acceptors (Lipinski definition) is 3. The van der Waals surface area contributed by atoms with Gasteiger partial charge in [0.2, 0.25) is 0 Å². The fourth-order valence-corrected chi connectivity index (χ4v) is 2.86. The van der Waals surface area contributed by atoms with E-state index < -0.39 is 0 Å². The highest BCUT2D eigenvalue weighted by molar-refractivity contribution is 5.05. The predicted molar refractivity (Wildman–Crippen MR) is 82.8 cm³/mol. The Hall–Kier alpha value is -0.930. The maximum Gasteiger partial charge on any atom is 0.0576 e. The van der Waals surface area contributed by atoms with Crippen molar-refractivity contribution in [2.45, 2.75) is 64.0 Å². The lowest BCUT2D eigenvalue weighted by Gasteiger charge is -2.19. The Labute approximate surface area is 123 Å². The first kappa shape index (κ1) is 15.5. The Balaban J connectivity index is 1.74. The number of nitrogens with zero attached hydrogens (tertiary/aromatic N) is 1. The van der Waals surface area contributed by atoms with Gasteiger partial charge in [0.1, 0.15) is 0 Å². The smallest absolute Gasteiger partial charge is 0.0576 e. The van der Waals surface area contributed by atoms with Crippen molar-refractivity contribution in [3.63, 3.8) is 0 Å². The normalized spacial score (nSPS) is 20.1. The van der Waals surface area contributed by atoms with Crippen LogP contribution in [0.4, 0.5) is 0 Å². The quantitative estimate of drug-likeness (QED) is 0.751. The Morgan fingerprint density at radius 1 is 1.45 bits per heavy atom. The molecule has 2 heterocycles. The fraction of sp³-hybridized carbons (Fsp3) is 0.706. The monoisotopic (exact) mass is 276 g/mol. The van der Waals surface area contributed by atoms with E-state index in [1.807, 2.05) is 12.3 Å². The van der Waals surface area contributed by atoms with Crippen molar-refractivity contribution in [2.75, 3.05) is 13.2 Å². The summed E-state index contributed by atoms with van der Waals surface area (Å²) in [6, 6.07) is 6.73. The van der Waals surface area contributed by atoms with Crippen LogP contribution in [-0.2, 0) is 11.2 Å². The summed E-state index contributed by atoms with van der Waals surface area (Å²) >= 11 is 0. The molecule has 2 rings (SSSR count). The molecule has 1 fully saturated rings. The summed E-state index contributed by atoms with van der Waals surface area (Å²) < 4.78 is 5.70. The Kier molecular flexibility index (Phi) is 7.02. The largest absolute Gasteiger partial charge is 0.378 e. The first-order valence-electron chi connectivity index (χ1n) is 8.13. The summed E-state index contributed by atoms with van der Waals surface area (Å²) in [6.07, 6.45) is 10.8. The number of aromatic nitrogens is 1. The van der Waals surface area contributed by atoms with Gasteiger partial charge in [-0.15, -0.1) is 0 Å². The average molecular weight is 276 g/mol. The highest BCUT2D eigenvalue weighted by atomic mass is 16.5. The van der Waals surface area contributed by atoms with Gasteiger partial charge in [-0.1, -0.05) is 13.0 Å². The van der Waals surface area contributed by atoms with Gasteiger partial charge in [-0.25, -0.2) is 0 Å². The molecule has 0 amide bonds. The van der Waals surface area contributed by atoms with Gasteiger partial charge in [-0.05, 0) is 57.2 Å². The van der Waals surface area contributed by atoms with Crippen LogP contribution in [0.2, 0.25) is 0 Å². The van der Waals surface area contributed by atoms with Gasteiger partial charge in [0.25, 0.3) is 0 Å². The van der Waals surface area contributed by atoms with Crippen molar-refractivity contribution in [3.05, 3.63) is 30.1 Å². The lowest BCUT2D eigenvalue weighted by atomic mass is 10.0. The number of pyridine rings is 1. The molecule has 0 bridgehead atoms. The van der Waals surface area contributed by atoms with Crippen LogP contribution in [0.5, 0.6) is 0 Å². The van der Waals surface area contributed by atoms with E-state index in [9.17, 15) is 0 Å². The molecule has 20 heavy (non-hydrogen) atoms. The zero-order valence-corrected chi connectivity index (χ0v) is 12.7. The van der Waals surface area contributed by atoms with Crippen molar-refractivity contribution in [3.8, 4) is 0 Å². The van der Waals surface area contributed by atoms with Crippen LogP contribution in [0.15, 0.2) is 24.4 Å². The molecule has 3 nitrogen and oxygen atoms in total. The number of rotatable bonds is 9. The number of ether oxygens (including phenoxy) is 1. The summed E-state index contributed by atoms with van der Waals surface area (Å²) in [5, 5.41) is 3.66. The fourth-order valence-electron chi connectivity index (χ4n) is 2.86. The predicted octanol–water partition coefficient (Wildman–Crippen LogP) is 3.34. The molecule has 2 unspecified atom stereocenters. The molecule has 1 aromatic heterocycles. The van der Waals surface area contributed by atoms with Crippen LogP contribution in [-0.4, -0.2) is 30.3 Å². The van der Waals surface area contributed by atoms with E-state index in [0.717, 1.165) is 19.6 Å². The van der Waals surface area contributed by atoms with E-state index in [4.69, 9.17) is 4.74 Å². The second-order valence-electron chi connectivity index (χ2n) is 5.74. The molecule has 112 valence electrons. The SMILES string of the molecule is CCCNC(CCCC1CCCO1)Cc1ccccn1. The minimum absolute atomic E-state index is 0.525. The van der Waals surface area contributed by atoms with Crippen LogP contribution in [0.25, 0.3) is 0 Å². The third kappa shape index (κ3) is 5.59. The van der Waals surface area contributed by atoms with Crippen LogP contribution < -0.4 is 5.32 Å². The maximum atomic E-state index is 5.70. The Bertz CT molecular complexity index is 349. The van der Waals surface area contributed by atoms with E-state index in [2.05, 4.69) is 29.4 Å². The standard InChI is InChI=1S/C17H28N2O/c1-2-11-18-16(14-15-7-3-4-12-19-15)8-5-9-17-10-6-13-20-17/h3-4,7,12,16-18H,2,5-6,8-11,13-14H2,1H3. The minimum atomic E-state index is 0.525. The zero-order chi connectivity index (χ0) is 14.0. The van der Waals surface area contributed by atoms with E-state index in [-0.39, 0.29) is 0 Å². The molecular formula is C17H28N2O. The molecule has 0 saturated carbocycles. The molecule has 1 N–H and O–H groups in total. The molecule has 0 spiro atoms. The highest BCUT2D eigenvalue weighted by Crippen LogP contribution is 2.18. The van der Waals surface area contributed by atoms with E-state index in [0.29, 0.717) is 12.1 Å². The summed E-state index contributed by atoms with van der Waals surface area (Å²) in [5.41, 5.74) is 1.19. The van der Waals surface area contributed by atoms with Gasteiger partial charge < -0.3 is 10.1 Å². The van der Waals surface area contributed by atoms with Gasteiger partial charge in [-0.3, -0.25) is 4.98 Å². The Morgan fingerprint density at radius 2 is 2.40 bits per heavy atom. The molecule has 0 aromatic carbocycles. The Morgan fingerprint density at radius 3 is 3.10 bits per heavy atom. The van der Waals surface area contributed by atoms with Crippen molar-refractivity contribution in [1.29, 1.82) is 0 Å². The lowest BCUT2D eigenvalue weighted by Crippen LogP contribution is -2.32. The topological polar surface area (TPSA) is 34.1 Å². The van der Waals surface area contributed by atoms with E-state index in [1.54, 1.807) is 0 Å². The molecular weight excluding hydrogens is 248 g/mol. The van der Waals surface area contributed by atoms with Crippen LogP contribution in [0, 0.1) is 0 Å². The molecule has 0 radical (unpaired) electrons. The molecule has 1 aliphatic heterocycles. The van der Waals surface area contributed by atoms with Crippen molar-refractivity contribution >= 4 is 0 Å². The summed E-state index contributed by atoms with van der Waals surface area (Å²) in [5.74, 6) is 0. The zero-order valence-electron chi connectivity index (χ0n) is 12.7. The van der Waals surface area contributed by atoms with Gasteiger partial charge in [0, 0.05) is 31.0 Å². The second kappa shape index (κ2) is 9.09. The molecule has 0 aliphatic carbocycles. The van der Waals surface area contributed by atoms with Gasteiger partial charge in [0.05, 0.1) is 6.10 Å². The van der Waals surface area contributed by atoms with E-state index in [1.165, 1.54) is 44.2 Å². The lowest BCUT2D eigenvalue weighted by molar-refractivity contribution is 0.101. The number of hydrogen-bond donors (Lipinski definition) is 1. The molecule has 1 saturated heterocycles. The molecule has 1 aliphatic rings. The van der Waals surface area contributed by atoms with Crippen molar-refractivity contribution in [2.24, 2.45) is 0 Å². The molecule has 3 heteroatoms. The van der Waals surface area contributed by atoms with Gasteiger partial charge >= 0.3 is 0 Å². The van der Waals surface area contributed by atoms with Crippen LogP contribution in [0.1, 0.15) is 51.1 Å². The average Bonchev–Trinajstić information content (AvgIpc) is 2.99. The van der Waals surface area contributed by atoms with Crippen molar-refractivity contribution < 1.29 is 4.74 Å². The summed E-state index contributed by atoms with van der Waals surface area (Å²) in [6.45, 7) is 4.28.